The molecule has 0 aliphatic heterocycles. The van der Waals surface area contributed by atoms with E-state index in [4.69, 9.17) is 4.42 Å². The SMILES string of the molecule is O=C(Nc1ccc2nc(-c3ccco3)[nH]c2c1)C1(O)CC1. The summed E-state index contributed by atoms with van der Waals surface area (Å²) in [6, 6.07) is 8.98. The zero-order chi connectivity index (χ0) is 14.4. The van der Waals surface area contributed by atoms with Crippen molar-refractivity contribution < 1.29 is 14.3 Å². The average molecular weight is 283 g/mol. The van der Waals surface area contributed by atoms with Gasteiger partial charge in [0.05, 0.1) is 17.3 Å². The number of benzene rings is 1. The van der Waals surface area contributed by atoms with Gasteiger partial charge >= 0.3 is 0 Å². The first-order valence-electron chi connectivity index (χ1n) is 6.72. The molecule has 0 radical (unpaired) electrons. The van der Waals surface area contributed by atoms with Crippen molar-refractivity contribution >= 4 is 22.6 Å². The van der Waals surface area contributed by atoms with E-state index in [-0.39, 0.29) is 5.91 Å². The van der Waals surface area contributed by atoms with Gasteiger partial charge in [0.2, 0.25) is 0 Å². The number of hydrogen-bond donors (Lipinski definition) is 3. The first kappa shape index (κ1) is 12.2. The summed E-state index contributed by atoms with van der Waals surface area (Å²) in [5.41, 5.74) is 1.02. The van der Waals surface area contributed by atoms with Gasteiger partial charge in [0.15, 0.2) is 11.6 Å². The lowest BCUT2D eigenvalue weighted by atomic mass is 10.2. The minimum atomic E-state index is -1.18. The van der Waals surface area contributed by atoms with Crippen LogP contribution in [-0.4, -0.2) is 26.6 Å². The highest BCUT2D eigenvalue weighted by Gasteiger charge is 2.48. The molecule has 0 atom stereocenters. The van der Waals surface area contributed by atoms with E-state index in [1.807, 2.05) is 12.1 Å². The highest BCUT2D eigenvalue weighted by atomic mass is 16.3. The molecular weight excluding hydrogens is 270 g/mol. The number of fused-ring (bicyclic) bond motifs is 1. The van der Waals surface area contributed by atoms with Crippen LogP contribution in [0, 0.1) is 0 Å². The Morgan fingerprint density at radius 2 is 2.24 bits per heavy atom. The van der Waals surface area contributed by atoms with Crippen molar-refractivity contribution in [1.29, 1.82) is 0 Å². The highest BCUT2D eigenvalue weighted by Crippen LogP contribution is 2.36. The quantitative estimate of drug-likeness (QED) is 0.687. The van der Waals surface area contributed by atoms with E-state index < -0.39 is 5.60 Å². The number of rotatable bonds is 3. The second kappa shape index (κ2) is 4.20. The molecule has 0 saturated heterocycles. The molecule has 106 valence electrons. The van der Waals surface area contributed by atoms with Crippen LogP contribution in [0.2, 0.25) is 0 Å². The molecular formula is C15H13N3O3. The number of nitrogens with one attached hydrogen (secondary N) is 2. The van der Waals surface area contributed by atoms with E-state index in [0.717, 1.165) is 11.0 Å². The Labute approximate surface area is 119 Å². The largest absolute Gasteiger partial charge is 0.461 e. The summed E-state index contributed by atoms with van der Waals surface area (Å²) in [4.78, 5) is 19.4. The molecule has 3 aromatic rings. The van der Waals surface area contributed by atoms with Crippen LogP contribution in [0.15, 0.2) is 41.0 Å². The Hall–Kier alpha value is -2.60. The Bertz CT molecular complexity index is 816. The maximum atomic E-state index is 11.8. The maximum Gasteiger partial charge on any atom is 0.256 e. The van der Waals surface area contributed by atoms with Gasteiger partial charge in [-0.2, -0.15) is 0 Å². The lowest BCUT2D eigenvalue weighted by molar-refractivity contribution is -0.125. The Balaban J connectivity index is 1.65. The minimum absolute atomic E-state index is 0.354. The maximum absolute atomic E-state index is 11.8. The molecule has 6 nitrogen and oxygen atoms in total. The number of aromatic amines is 1. The van der Waals surface area contributed by atoms with E-state index >= 15 is 0 Å². The summed E-state index contributed by atoms with van der Waals surface area (Å²) in [5.74, 6) is 0.941. The first-order chi connectivity index (χ1) is 10.1. The number of aliphatic hydroxyl groups is 1. The van der Waals surface area contributed by atoms with Gasteiger partial charge in [-0.1, -0.05) is 0 Å². The number of carbonyl (C=O) groups excluding carboxylic acids is 1. The number of furan rings is 1. The summed E-state index contributed by atoms with van der Waals surface area (Å²) in [6.45, 7) is 0. The summed E-state index contributed by atoms with van der Waals surface area (Å²) in [6.07, 6.45) is 2.63. The van der Waals surface area contributed by atoms with Gasteiger partial charge < -0.3 is 19.8 Å². The summed E-state index contributed by atoms with van der Waals surface area (Å²) < 4.78 is 5.30. The van der Waals surface area contributed by atoms with Gasteiger partial charge in [-0.3, -0.25) is 4.79 Å². The molecule has 1 aliphatic carbocycles. The summed E-state index contributed by atoms with van der Waals surface area (Å²) >= 11 is 0. The normalized spacial score (nSPS) is 16.0. The van der Waals surface area contributed by atoms with Crippen molar-refractivity contribution in [2.75, 3.05) is 5.32 Å². The predicted octanol–water partition coefficient (Wildman–Crippen LogP) is 2.29. The van der Waals surface area contributed by atoms with Gasteiger partial charge in [-0.15, -0.1) is 0 Å². The third kappa shape index (κ3) is 2.09. The minimum Gasteiger partial charge on any atom is -0.461 e. The molecule has 6 heteroatoms. The van der Waals surface area contributed by atoms with Crippen LogP contribution in [0.25, 0.3) is 22.6 Å². The third-order valence-electron chi connectivity index (χ3n) is 3.64. The van der Waals surface area contributed by atoms with Gasteiger partial charge in [0.25, 0.3) is 5.91 Å². The van der Waals surface area contributed by atoms with Crippen LogP contribution >= 0.6 is 0 Å². The van der Waals surface area contributed by atoms with Crippen LogP contribution < -0.4 is 5.32 Å². The molecule has 2 heterocycles. The van der Waals surface area contributed by atoms with E-state index in [1.165, 1.54) is 0 Å². The van der Waals surface area contributed by atoms with Crippen molar-refractivity contribution in [2.45, 2.75) is 18.4 Å². The zero-order valence-electron chi connectivity index (χ0n) is 11.1. The standard InChI is InChI=1S/C15H13N3O3/c19-14(15(20)5-6-15)16-9-3-4-10-11(8-9)18-13(17-10)12-2-1-7-21-12/h1-4,7-8,20H,5-6H2,(H,16,19)(H,17,18). The van der Waals surface area contributed by atoms with Crippen molar-refractivity contribution in [1.82, 2.24) is 9.97 Å². The number of carbonyl (C=O) groups is 1. The van der Waals surface area contributed by atoms with Crippen LogP contribution in [0.4, 0.5) is 5.69 Å². The van der Waals surface area contributed by atoms with Gasteiger partial charge in [-0.05, 0) is 43.2 Å². The molecule has 0 spiro atoms. The van der Waals surface area contributed by atoms with Crippen LogP contribution in [-0.2, 0) is 4.79 Å². The van der Waals surface area contributed by atoms with Crippen molar-refractivity contribution in [3.8, 4) is 11.6 Å². The number of imidazole rings is 1. The second-order valence-corrected chi connectivity index (χ2v) is 5.28. The predicted molar refractivity (Wildman–Crippen MR) is 76.6 cm³/mol. The molecule has 1 aromatic carbocycles. The van der Waals surface area contributed by atoms with Crippen LogP contribution in [0.3, 0.4) is 0 Å². The topological polar surface area (TPSA) is 91.2 Å². The molecule has 2 aromatic heterocycles. The molecule has 1 saturated carbocycles. The molecule has 0 bridgehead atoms. The number of aromatic nitrogens is 2. The zero-order valence-corrected chi connectivity index (χ0v) is 11.1. The number of H-pyrrole nitrogens is 1. The fraction of sp³-hybridized carbons (Fsp3) is 0.200. The van der Waals surface area contributed by atoms with Crippen molar-refractivity contribution in [3.63, 3.8) is 0 Å². The van der Waals surface area contributed by atoms with Crippen LogP contribution in [0.1, 0.15) is 12.8 Å². The van der Waals surface area contributed by atoms with E-state index in [2.05, 4.69) is 15.3 Å². The molecule has 1 aliphatic rings. The fourth-order valence-corrected chi connectivity index (χ4v) is 2.21. The second-order valence-electron chi connectivity index (χ2n) is 5.28. The Kier molecular flexibility index (Phi) is 2.43. The third-order valence-corrected chi connectivity index (χ3v) is 3.64. The number of hydrogen-bond acceptors (Lipinski definition) is 4. The monoisotopic (exact) mass is 283 g/mol. The molecule has 1 fully saturated rings. The summed E-state index contributed by atoms with van der Waals surface area (Å²) in [5, 5.41) is 12.5. The molecule has 1 amide bonds. The van der Waals surface area contributed by atoms with Gasteiger partial charge in [0.1, 0.15) is 5.60 Å². The molecule has 3 N–H and O–H groups in total. The Morgan fingerprint density at radius 1 is 1.38 bits per heavy atom. The van der Waals surface area contributed by atoms with Gasteiger partial charge in [0, 0.05) is 5.69 Å². The highest BCUT2D eigenvalue weighted by molar-refractivity contribution is 6.00. The first-order valence-corrected chi connectivity index (χ1v) is 6.72. The molecule has 4 rings (SSSR count). The van der Waals surface area contributed by atoms with E-state index in [0.29, 0.717) is 30.1 Å². The summed E-state index contributed by atoms with van der Waals surface area (Å²) in [7, 11) is 0. The van der Waals surface area contributed by atoms with Gasteiger partial charge in [-0.25, -0.2) is 4.98 Å². The van der Waals surface area contributed by atoms with Crippen LogP contribution in [0.5, 0.6) is 0 Å². The van der Waals surface area contributed by atoms with Crippen molar-refractivity contribution in [2.24, 2.45) is 0 Å². The smallest absolute Gasteiger partial charge is 0.256 e. The molecule has 0 unspecified atom stereocenters. The average Bonchev–Trinajstić information content (AvgIpc) is 2.94. The van der Waals surface area contributed by atoms with E-state index in [1.54, 1.807) is 24.5 Å². The Morgan fingerprint density at radius 3 is 2.95 bits per heavy atom. The van der Waals surface area contributed by atoms with Crippen molar-refractivity contribution in [3.05, 3.63) is 36.6 Å². The lowest BCUT2D eigenvalue weighted by Crippen LogP contribution is -2.29. The van der Waals surface area contributed by atoms with E-state index in [9.17, 15) is 9.90 Å². The fourth-order valence-electron chi connectivity index (χ4n) is 2.21. The molecule has 21 heavy (non-hydrogen) atoms. The number of anilines is 1. The lowest BCUT2D eigenvalue weighted by Gasteiger charge is -2.08. The number of nitrogens with zero attached hydrogens (tertiary/aromatic N) is 1. The number of amides is 1.